The second-order valence-corrected chi connectivity index (χ2v) is 6.37. The van der Waals surface area contributed by atoms with Crippen LogP contribution in [0.15, 0.2) is 0 Å². The highest BCUT2D eigenvalue weighted by atomic mass is 35.5. The Morgan fingerprint density at radius 3 is 2.15 bits per heavy atom. The standard InChI is InChI=1S/C16H28Cl2O2/c1-3-5-10-13(4-2)16(20)14(17)11-8-6-7-9-12-15(18)19/h13-14H,3-12H2,1-2H3. The Kier molecular flexibility index (Phi) is 12.6. The van der Waals surface area contributed by atoms with Crippen LogP contribution in [0.3, 0.4) is 0 Å². The fraction of sp³-hybridized carbons (Fsp3) is 0.875. The predicted molar refractivity (Wildman–Crippen MR) is 86.5 cm³/mol. The van der Waals surface area contributed by atoms with Gasteiger partial charge in [0.05, 0.1) is 5.38 Å². The van der Waals surface area contributed by atoms with Gasteiger partial charge in [-0.1, -0.05) is 46.0 Å². The normalized spacial score (nSPS) is 14.0. The number of Topliss-reactive ketones (excluding diaryl/α,β-unsaturated/α-hetero) is 1. The first-order valence-electron chi connectivity index (χ1n) is 7.89. The monoisotopic (exact) mass is 322 g/mol. The third-order valence-corrected chi connectivity index (χ3v) is 4.31. The van der Waals surface area contributed by atoms with Crippen molar-refractivity contribution in [1.82, 2.24) is 0 Å². The summed E-state index contributed by atoms with van der Waals surface area (Å²) in [5, 5.41) is -0.608. The molecule has 0 aromatic carbocycles. The maximum Gasteiger partial charge on any atom is 0.221 e. The lowest BCUT2D eigenvalue weighted by Gasteiger charge is -2.17. The fourth-order valence-corrected chi connectivity index (χ4v) is 2.80. The van der Waals surface area contributed by atoms with E-state index < -0.39 is 0 Å². The van der Waals surface area contributed by atoms with Crippen molar-refractivity contribution in [2.45, 2.75) is 83.4 Å². The lowest BCUT2D eigenvalue weighted by Crippen LogP contribution is -2.24. The molecule has 0 rings (SSSR count). The van der Waals surface area contributed by atoms with Gasteiger partial charge in [-0.3, -0.25) is 9.59 Å². The van der Waals surface area contributed by atoms with Crippen LogP contribution in [0.2, 0.25) is 0 Å². The Hall–Kier alpha value is -0.0800. The van der Waals surface area contributed by atoms with E-state index in [1.54, 1.807) is 0 Å². The van der Waals surface area contributed by atoms with Gasteiger partial charge in [-0.15, -0.1) is 11.6 Å². The third kappa shape index (κ3) is 9.77. The molecule has 2 unspecified atom stereocenters. The van der Waals surface area contributed by atoms with Gasteiger partial charge in [0.25, 0.3) is 0 Å². The van der Waals surface area contributed by atoms with Crippen LogP contribution >= 0.6 is 23.2 Å². The van der Waals surface area contributed by atoms with E-state index in [9.17, 15) is 9.59 Å². The number of halogens is 2. The Morgan fingerprint density at radius 1 is 0.950 bits per heavy atom. The summed E-state index contributed by atoms with van der Waals surface area (Å²) in [6.45, 7) is 4.20. The number of alkyl halides is 1. The molecule has 2 atom stereocenters. The van der Waals surface area contributed by atoms with Gasteiger partial charge in [0.2, 0.25) is 5.24 Å². The summed E-state index contributed by atoms with van der Waals surface area (Å²) in [5.41, 5.74) is 0. The first kappa shape index (κ1) is 19.9. The molecule has 0 fully saturated rings. The highest BCUT2D eigenvalue weighted by Crippen LogP contribution is 2.21. The van der Waals surface area contributed by atoms with Crippen LogP contribution in [-0.2, 0) is 9.59 Å². The summed E-state index contributed by atoms with van der Waals surface area (Å²) in [7, 11) is 0. The zero-order chi connectivity index (χ0) is 15.4. The largest absolute Gasteiger partial charge is 0.298 e. The van der Waals surface area contributed by atoms with Gasteiger partial charge in [-0.2, -0.15) is 0 Å². The molecule has 0 spiro atoms. The third-order valence-electron chi connectivity index (χ3n) is 3.69. The van der Waals surface area contributed by atoms with Crippen molar-refractivity contribution >= 4 is 34.2 Å². The van der Waals surface area contributed by atoms with E-state index in [0.29, 0.717) is 6.42 Å². The van der Waals surface area contributed by atoms with E-state index in [1.165, 1.54) is 0 Å². The van der Waals surface area contributed by atoms with Gasteiger partial charge in [0.1, 0.15) is 0 Å². The first-order valence-corrected chi connectivity index (χ1v) is 8.70. The molecular weight excluding hydrogens is 295 g/mol. The smallest absolute Gasteiger partial charge is 0.221 e. The molecule has 0 aliphatic heterocycles. The topological polar surface area (TPSA) is 34.1 Å². The minimum Gasteiger partial charge on any atom is -0.298 e. The number of hydrogen-bond acceptors (Lipinski definition) is 2. The van der Waals surface area contributed by atoms with Crippen LogP contribution in [0.4, 0.5) is 0 Å². The van der Waals surface area contributed by atoms with Crippen LogP contribution in [0.1, 0.15) is 78.1 Å². The Labute approximate surface area is 133 Å². The molecule has 0 aromatic rings. The Bertz CT molecular complexity index is 280. The minimum absolute atomic E-state index is 0.131. The molecule has 0 aliphatic rings. The molecule has 0 saturated heterocycles. The summed E-state index contributed by atoms with van der Waals surface area (Å²) >= 11 is 11.5. The second-order valence-electron chi connectivity index (χ2n) is 5.43. The summed E-state index contributed by atoms with van der Waals surface area (Å²) in [6.07, 6.45) is 9.02. The lowest BCUT2D eigenvalue weighted by molar-refractivity contribution is -0.123. The van der Waals surface area contributed by atoms with E-state index in [1.807, 2.05) is 0 Å². The van der Waals surface area contributed by atoms with Crippen LogP contribution in [0.25, 0.3) is 0 Å². The number of carbonyl (C=O) groups excluding carboxylic acids is 2. The van der Waals surface area contributed by atoms with Gasteiger partial charge < -0.3 is 0 Å². The molecule has 0 N–H and O–H groups in total. The summed E-state index contributed by atoms with van der Waals surface area (Å²) in [5.74, 6) is 0.352. The minimum atomic E-state index is -0.341. The molecule has 0 aromatic heterocycles. The molecule has 20 heavy (non-hydrogen) atoms. The van der Waals surface area contributed by atoms with Crippen molar-refractivity contribution in [2.75, 3.05) is 0 Å². The van der Waals surface area contributed by atoms with Crippen LogP contribution in [-0.4, -0.2) is 16.4 Å². The highest BCUT2D eigenvalue weighted by Gasteiger charge is 2.23. The number of carbonyl (C=O) groups is 2. The molecule has 0 radical (unpaired) electrons. The number of ketones is 1. The van der Waals surface area contributed by atoms with Crippen LogP contribution in [0, 0.1) is 5.92 Å². The second kappa shape index (κ2) is 12.6. The molecule has 0 amide bonds. The zero-order valence-corrected chi connectivity index (χ0v) is 14.3. The molecule has 4 heteroatoms. The number of rotatable bonds is 13. The van der Waals surface area contributed by atoms with Crippen LogP contribution < -0.4 is 0 Å². The maximum absolute atomic E-state index is 12.2. The summed E-state index contributed by atoms with van der Waals surface area (Å²) in [6, 6.07) is 0. The van der Waals surface area contributed by atoms with Crippen molar-refractivity contribution in [3.05, 3.63) is 0 Å². The van der Waals surface area contributed by atoms with Gasteiger partial charge in [0, 0.05) is 12.3 Å². The van der Waals surface area contributed by atoms with E-state index >= 15 is 0 Å². The van der Waals surface area contributed by atoms with Crippen LogP contribution in [0.5, 0.6) is 0 Å². The van der Waals surface area contributed by atoms with Crippen molar-refractivity contribution in [2.24, 2.45) is 5.92 Å². The van der Waals surface area contributed by atoms with E-state index in [-0.39, 0.29) is 22.3 Å². The van der Waals surface area contributed by atoms with Gasteiger partial charge in [-0.05, 0) is 37.3 Å². The van der Waals surface area contributed by atoms with Crippen molar-refractivity contribution in [3.8, 4) is 0 Å². The summed E-state index contributed by atoms with van der Waals surface area (Å²) in [4.78, 5) is 22.8. The quantitative estimate of drug-likeness (QED) is 0.255. The average Bonchev–Trinajstić information content (AvgIpc) is 2.42. The van der Waals surface area contributed by atoms with E-state index in [4.69, 9.17) is 23.2 Å². The van der Waals surface area contributed by atoms with Crippen molar-refractivity contribution in [3.63, 3.8) is 0 Å². The molecule has 118 valence electrons. The maximum atomic E-state index is 12.2. The summed E-state index contributed by atoms with van der Waals surface area (Å²) < 4.78 is 0. The molecule has 0 saturated carbocycles. The number of hydrogen-bond donors (Lipinski definition) is 0. The first-order chi connectivity index (χ1) is 9.52. The Balaban J connectivity index is 3.80. The predicted octanol–water partition coefficient (Wildman–Crippen LogP) is 5.49. The molecule has 0 bridgehead atoms. The van der Waals surface area contributed by atoms with E-state index in [0.717, 1.165) is 57.8 Å². The SMILES string of the molecule is CCCCC(CC)C(=O)C(Cl)CCCCCCC(=O)Cl. The van der Waals surface area contributed by atoms with E-state index in [2.05, 4.69) is 13.8 Å². The lowest BCUT2D eigenvalue weighted by atomic mass is 9.91. The van der Waals surface area contributed by atoms with Gasteiger partial charge >= 0.3 is 0 Å². The Morgan fingerprint density at radius 2 is 1.60 bits per heavy atom. The fourth-order valence-electron chi connectivity index (χ4n) is 2.34. The molecule has 2 nitrogen and oxygen atoms in total. The highest BCUT2D eigenvalue weighted by molar-refractivity contribution is 6.63. The molecule has 0 aliphatic carbocycles. The van der Waals surface area contributed by atoms with Crippen molar-refractivity contribution in [1.29, 1.82) is 0 Å². The molecular formula is C16H28Cl2O2. The van der Waals surface area contributed by atoms with Crippen molar-refractivity contribution < 1.29 is 9.59 Å². The van der Waals surface area contributed by atoms with Gasteiger partial charge in [0.15, 0.2) is 5.78 Å². The van der Waals surface area contributed by atoms with Gasteiger partial charge in [-0.25, -0.2) is 0 Å². The number of unbranched alkanes of at least 4 members (excludes halogenated alkanes) is 4. The average molecular weight is 323 g/mol. The zero-order valence-electron chi connectivity index (χ0n) is 12.8. The molecule has 0 heterocycles.